The van der Waals surface area contributed by atoms with Crippen LogP contribution in [0.4, 0.5) is 0 Å². The Labute approximate surface area is 202 Å². The van der Waals surface area contributed by atoms with Crippen molar-refractivity contribution in [2.45, 2.75) is 31.7 Å². The first-order valence-corrected chi connectivity index (χ1v) is 12.2. The average Bonchev–Trinajstić information content (AvgIpc) is 3.66. The molecule has 2 heterocycles. The summed E-state index contributed by atoms with van der Waals surface area (Å²) in [5.74, 6) is 0.432. The Kier molecular flexibility index (Phi) is 4.43. The highest BCUT2D eigenvalue weighted by molar-refractivity contribution is 6.42. The molecule has 0 radical (unpaired) electrons. The van der Waals surface area contributed by atoms with Crippen LogP contribution in [0, 0.1) is 0 Å². The third kappa shape index (κ3) is 3.13. The summed E-state index contributed by atoms with van der Waals surface area (Å²) in [7, 11) is 0. The molecule has 0 N–H and O–H groups in total. The zero-order valence-corrected chi connectivity index (χ0v) is 19.2. The number of benzene rings is 3. The van der Waals surface area contributed by atoms with Crippen LogP contribution in [0.15, 0.2) is 88.9 Å². The predicted octanol–water partition coefficient (Wildman–Crippen LogP) is 7.63. The van der Waals surface area contributed by atoms with Crippen molar-refractivity contribution in [3.63, 3.8) is 0 Å². The highest BCUT2D eigenvalue weighted by Crippen LogP contribution is 2.39. The average molecular weight is 458 g/mol. The molecule has 0 atom stereocenters. The summed E-state index contributed by atoms with van der Waals surface area (Å²) in [5.41, 5.74) is 4.91. The van der Waals surface area contributed by atoms with Gasteiger partial charge in [0.15, 0.2) is 17.1 Å². The van der Waals surface area contributed by atoms with Gasteiger partial charge in [-0.3, -0.25) is 9.59 Å². The summed E-state index contributed by atoms with van der Waals surface area (Å²) in [4.78, 5) is 26.7. The summed E-state index contributed by atoms with van der Waals surface area (Å²) in [6, 6.07) is 26.0. The van der Waals surface area contributed by atoms with Crippen molar-refractivity contribution in [1.82, 2.24) is 4.57 Å². The smallest absolute Gasteiger partial charge is 0.197 e. The molecule has 0 saturated heterocycles. The number of furan rings is 1. The lowest BCUT2D eigenvalue weighted by Gasteiger charge is -2.15. The molecule has 2 aliphatic carbocycles. The van der Waals surface area contributed by atoms with Gasteiger partial charge in [0, 0.05) is 40.6 Å². The number of aromatic nitrogens is 1. The molecule has 5 aromatic rings. The van der Waals surface area contributed by atoms with Gasteiger partial charge in [-0.25, -0.2) is 0 Å². The van der Waals surface area contributed by atoms with Gasteiger partial charge in [0.2, 0.25) is 0 Å². The van der Waals surface area contributed by atoms with Crippen LogP contribution in [0.5, 0.6) is 0 Å². The number of fused-ring (bicyclic) bond motifs is 3. The van der Waals surface area contributed by atoms with E-state index in [1.54, 1.807) is 6.08 Å². The van der Waals surface area contributed by atoms with Gasteiger partial charge in [-0.15, -0.1) is 0 Å². The van der Waals surface area contributed by atoms with E-state index in [0.717, 1.165) is 51.7 Å². The molecule has 4 heteroatoms. The second-order valence-corrected chi connectivity index (χ2v) is 9.56. The molecule has 2 aliphatic rings. The molecule has 0 amide bonds. The standard InChI is InChI=1S/C31H23NO3/c33-30-24-14-20-10-4-5-11-21(20)15-25(24)31(34)26(30)16-23-17-29-27(32(23)22-12-6-7-13-22)18-28(35-29)19-8-2-1-3-9-19/h1-5,8-11,14-18,22H,6-7,12-13H2. The zero-order chi connectivity index (χ0) is 23.5. The van der Waals surface area contributed by atoms with E-state index < -0.39 is 0 Å². The second kappa shape index (κ2) is 7.67. The monoisotopic (exact) mass is 457 g/mol. The van der Waals surface area contributed by atoms with Gasteiger partial charge in [0.25, 0.3) is 0 Å². The van der Waals surface area contributed by atoms with Crippen LogP contribution in [0.3, 0.4) is 0 Å². The Balaban J connectivity index is 1.37. The number of ketones is 2. The topological polar surface area (TPSA) is 52.2 Å². The Morgan fingerprint density at radius 2 is 1.40 bits per heavy atom. The molecule has 170 valence electrons. The van der Waals surface area contributed by atoms with Crippen LogP contribution < -0.4 is 0 Å². The summed E-state index contributed by atoms with van der Waals surface area (Å²) < 4.78 is 8.53. The molecular formula is C31H23NO3. The number of carbonyl (C=O) groups excluding carboxylic acids is 2. The van der Waals surface area contributed by atoms with E-state index in [1.807, 2.05) is 72.8 Å². The summed E-state index contributed by atoms with van der Waals surface area (Å²) >= 11 is 0. The Morgan fingerprint density at radius 1 is 0.771 bits per heavy atom. The Hall–Kier alpha value is -4.18. The fourth-order valence-electron chi connectivity index (χ4n) is 5.74. The summed E-state index contributed by atoms with van der Waals surface area (Å²) in [5, 5.41) is 1.93. The molecule has 2 aromatic heterocycles. The molecule has 0 spiro atoms. The van der Waals surface area contributed by atoms with Crippen molar-refractivity contribution in [3.8, 4) is 11.3 Å². The predicted molar refractivity (Wildman–Crippen MR) is 138 cm³/mol. The molecular weight excluding hydrogens is 434 g/mol. The molecule has 3 aromatic carbocycles. The number of carbonyl (C=O) groups is 2. The molecule has 0 aliphatic heterocycles. The first-order chi connectivity index (χ1) is 17.2. The molecule has 7 rings (SSSR count). The van der Waals surface area contributed by atoms with E-state index in [4.69, 9.17) is 4.42 Å². The van der Waals surface area contributed by atoms with E-state index in [1.165, 1.54) is 12.8 Å². The van der Waals surface area contributed by atoms with E-state index in [0.29, 0.717) is 17.2 Å². The quantitative estimate of drug-likeness (QED) is 0.207. The molecule has 35 heavy (non-hydrogen) atoms. The Morgan fingerprint density at radius 3 is 2.06 bits per heavy atom. The van der Waals surface area contributed by atoms with E-state index in [9.17, 15) is 9.59 Å². The minimum Gasteiger partial charge on any atom is -0.454 e. The third-order valence-corrected chi connectivity index (χ3v) is 7.46. The molecule has 1 fully saturated rings. The van der Waals surface area contributed by atoms with E-state index >= 15 is 0 Å². The number of hydrogen-bond acceptors (Lipinski definition) is 3. The van der Waals surface area contributed by atoms with Gasteiger partial charge in [-0.05, 0) is 41.8 Å². The Bertz CT molecular complexity index is 1620. The number of allylic oxidation sites excluding steroid dienone is 1. The minimum absolute atomic E-state index is 0.198. The maximum atomic E-state index is 13.4. The maximum absolute atomic E-state index is 13.4. The van der Waals surface area contributed by atoms with Crippen LogP contribution in [0.1, 0.15) is 58.1 Å². The zero-order valence-electron chi connectivity index (χ0n) is 19.2. The SMILES string of the molecule is O=C1C(=Cc2cc3oc(-c4ccccc4)cc3n2C2CCCC2)C(=O)c2cc3ccccc3cc21. The molecule has 0 unspecified atom stereocenters. The second-order valence-electron chi connectivity index (χ2n) is 9.56. The fourth-order valence-corrected chi connectivity index (χ4v) is 5.74. The van der Waals surface area contributed by atoms with E-state index in [-0.39, 0.29) is 17.1 Å². The van der Waals surface area contributed by atoms with Gasteiger partial charge in [-0.2, -0.15) is 0 Å². The normalized spacial score (nSPS) is 16.1. The maximum Gasteiger partial charge on any atom is 0.197 e. The van der Waals surface area contributed by atoms with Crippen LogP contribution in [0.25, 0.3) is 39.3 Å². The summed E-state index contributed by atoms with van der Waals surface area (Å²) in [6.07, 6.45) is 6.31. The first-order valence-electron chi connectivity index (χ1n) is 12.2. The molecule has 0 bridgehead atoms. The van der Waals surface area contributed by atoms with Gasteiger partial charge >= 0.3 is 0 Å². The van der Waals surface area contributed by atoms with Crippen molar-refractivity contribution >= 4 is 39.5 Å². The minimum atomic E-state index is -0.198. The van der Waals surface area contributed by atoms with Crippen molar-refractivity contribution in [2.75, 3.05) is 0 Å². The van der Waals surface area contributed by atoms with Crippen molar-refractivity contribution in [1.29, 1.82) is 0 Å². The number of rotatable bonds is 3. The number of Topliss-reactive ketones (excluding diaryl/α,β-unsaturated/α-hetero) is 2. The van der Waals surface area contributed by atoms with Crippen molar-refractivity contribution in [3.05, 3.63) is 101 Å². The third-order valence-electron chi connectivity index (χ3n) is 7.46. The lowest BCUT2D eigenvalue weighted by molar-refractivity contribution is 0.0990. The lowest BCUT2D eigenvalue weighted by atomic mass is 10.0. The highest BCUT2D eigenvalue weighted by atomic mass is 16.3. The van der Waals surface area contributed by atoms with Crippen LogP contribution in [-0.4, -0.2) is 16.1 Å². The number of hydrogen-bond donors (Lipinski definition) is 0. The van der Waals surface area contributed by atoms with Gasteiger partial charge in [0.05, 0.1) is 11.1 Å². The van der Waals surface area contributed by atoms with Crippen molar-refractivity contribution < 1.29 is 14.0 Å². The van der Waals surface area contributed by atoms with Crippen LogP contribution in [-0.2, 0) is 0 Å². The van der Waals surface area contributed by atoms with Gasteiger partial charge in [-0.1, -0.05) is 67.4 Å². The van der Waals surface area contributed by atoms with Crippen LogP contribution >= 0.6 is 0 Å². The van der Waals surface area contributed by atoms with E-state index in [2.05, 4.69) is 10.6 Å². The summed E-state index contributed by atoms with van der Waals surface area (Å²) in [6.45, 7) is 0. The molecule has 1 saturated carbocycles. The largest absolute Gasteiger partial charge is 0.454 e. The van der Waals surface area contributed by atoms with Crippen LogP contribution in [0.2, 0.25) is 0 Å². The van der Waals surface area contributed by atoms with Gasteiger partial charge in [0.1, 0.15) is 5.76 Å². The number of nitrogens with zero attached hydrogens (tertiary/aromatic N) is 1. The van der Waals surface area contributed by atoms with Crippen molar-refractivity contribution in [2.24, 2.45) is 0 Å². The highest BCUT2D eigenvalue weighted by Gasteiger charge is 2.34. The molecule has 4 nitrogen and oxygen atoms in total. The first kappa shape index (κ1) is 20.2. The lowest BCUT2D eigenvalue weighted by Crippen LogP contribution is -2.08. The fraction of sp³-hybridized carbons (Fsp3) is 0.161. The van der Waals surface area contributed by atoms with Gasteiger partial charge < -0.3 is 8.98 Å².